The number of aromatic nitrogens is 5. The number of hydrogen-bond donors (Lipinski definition) is 1. The van der Waals surface area contributed by atoms with E-state index in [2.05, 4.69) is 33.7 Å². The lowest BCUT2D eigenvalue weighted by Gasteiger charge is -2.25. The highest BCUT2D eigenvalue weighted by Crippen LogP contribution is 2.26. The summed E-state index contributed by atoms with van der Waals surface area (Å²) in [6, 6.07) is 0. The molecule has 0 amide bonds. The number of anilines is 1. The van der Waals surface area contributed by atoms with Crippen LogP contribution in [0.3, 0.4) is 0 Å². The molecule has 0 saturated carbocycles. The molecule has 0 aromatic carbocycles. The van der Waals surface area contributed by atoms with E-state index >= 15 is 0 Å². The summed E-state index contributed by atoms with van der Waals surface area (Å²) in [7, 11) is 0. The van der Waals surface area contributed by atoms with Gasteiger partial charge in [-0.2, -0.15) is 5.10 Å². The summed E-state index contributed by atoms with van der Waals surface area (Å²) >= 11 is 0. The van der Waals surface area contributed by atoms with Crippen molar-refractivity contribution in [3.05, 3.63) is 24.0 Å². The summed E-state index contributed by atoms with van der Waals surface area (Å²) in [6.45, 7) is 5.20. The first-order valence-electron chi connectivity index (χ1n) is 6.82. The molecule has 0 spiro atoms. The Bertz CT molecular complexity index is 585. The van der Waals surface area contributed by atoms with Crippen LogP contribution in [0.25, 0.3) is 0 Å². The van der Waals surface area contributed by atoms with E-state index in [1.807, 2.05) is 10.9 Å². The Morgan fingerprint density at radius 3 is 2.70 bits per heavy atom. The fourth-order valence-electron chi connectivity index (χ4n) is 2.68. The first kappa shape index (κ1) is 14.8. The molecule has 0 aliphatic carbocycles. The summed E-state index contributed by atoms with van der Waals surface area (Å²) in [5.74, 6) is 2.06. The number of rotatable bonds is 2. The lowest BCUT2D eigenvalue weighted by molar-refractivity contribution is 0.349. The van der Waals surface area contributed by atoms with Crippen molar-refractivity contribution in [3.8, 4) is 0 Å². The molecular formula is C13H21ClN6. The van der Waals surface area contributed by atoms with Crippen LogP contribution >= 0.6 is 12.4 Å². The molecule has 3 heterocycles. The van der Waals surface area contributed by atoms with Crippen LogP contribution < -0.4 is 5.73 Å². The number of fused-ring (bicyclic) bond motifs is 1. The van der Waals surface area contributed by atoms with E-state index in [-0.39, 0.29) is 17.9 Å². The standard InChI is InChI=1S/C13H20N6.ClH/c1-13(2,19-9-10(14)8-15-19)12-17-16-11-6-4-3-5-7-18(11)12;/h8-9H,3-7,14H2,1-2H3;1H. The Hall–Kier alpha value is -1.56. The summed E-state index contributed by atoms with van der Waals surface area (Å²) in [4.78, 5) is 0. The van der Waals surface area contributed by atoms with Gasteiger partial charge in [-0.15, -0.1) is 22.6 Å². The third kappa shape index (κ3) is 2.40. The van der Waals surface area contributed by atoms with E-state index in [1.54, 1.807) is 6.20 Å². The van der Waals surface area contributed by atoms with Crippen LogP contribution in [0.5, 0.6) is 0 Å². The highest BCUT2D eigenvalue weighted by Gasteiger charge is 2.31. The Balaban J connectivity index is 0.00000147. The van der Waals surface area contributed by atoms with E-state index in [0.717, 1.165) is 24.6 Å². The van der Waals surface area contributed by atoms with Gasteiger partial charge in [-0.05, 0) is 26.7 Å². The van der Waals surface area contributed by atoms with Crippen LogP contribution in [-0.4, -0.2) is 24.5 Å². The Morgan fingerprint density at radius 2 is 2.00 bits per heavy atom. The average molecular weight is 297 g/mol. The third-order valence-electron chi connectivity index (χ3n) is 3.83. The van der Waals surface area contributed by atoms with Gasteiger partial charge in [-0.3, -0.25) is 4.68 Å². The monoisotopic (exact) mass is 296 g/mol. The van der Waals surface area contributed by atoms with Gasteiger partial charge >= 0.3 is 0 Å². The van der Waals surface area contributed by atoms with Gasteiger partial charge in [0.25, 0.3) is 0 Å². The average Bonchev–Trinajstić information content (AvgIpc) is 2.91. The molecule has 0 fully saturated rings. The van der Waals surface area contributed by atoms with Crippen molar-refractivity contribution in [1.82, 2.24) is 24.5 Å². The molecule has 2 N–H and O–H groups in total. The zero-order chi connectivity index (χ0) is 13.5. The minimum absolute atomic E-state index is 0. The van der Waals surface area contributed by atoms with Crippen molar-refractivity contribution in [3.63, 3.8) is 0 Å². The predicted octanol–water partition coefficient (Wildman–Crippen LogP) is 1.99. The van der Waals surface area contributed by atoms with Crippen LogP contribution in [-0.2, 0) is 18.5 Å². The number of nitrogens with two attached hydrogens (primary N) is 1. The highest BCUT2D eigenvalue weighted by atomic mass is 35.5. The summed E-state index contributed by atoms with van der Waals surface area (Å²) < 4.78 is 4.12. The Labute approximate surface area is 124 Å². The van der Waals surface area contributed by atoms with Crippen LogP contribution in [0, 0.1) is 0 Å². The SMILES string of the molecule is CC(C)(c1nnc2n1CCCCC2)n1cc(N)cn1.Cl. The summed E-state index contributed by atoms with van der Waals surface area (Å²) in [5.41, 5.74) is 6.10. The molecule has 0 unspecified atom stereocenters. The predicted molar refractivity (Wildman–Crippen MR) is 79.9 cm³/mol. The minimum Gasteiger partial charge on any atom is -0.396 e. The Kier molecular flexibility index (Phi) is 4.04. The quantitative estimate of drug-likeness (QED) is 0.919. The molecule has 0 atom stereocenters. The lowest BCUT2D eigenvalue weighted by Crippen LogP contribution is -2.32. The lowest BCUT2D eigenvalue weighted by atomic mass is 10.0. The number of halogens is 1. The molecule has 0 radical (unpaired) electrons. The number of aryl methyl sites for hydroxylation is 1. The van der Waals surface area contributed by atoms with Crippen molar-refractivity contribution in [1.29, 1.82) is 0 Å². The zero-order valence-corrected chi connectivity index (χ0v) is 12.7. The maximum absolute atomic E-state index is 5.77. The number of hydrogen-bond acceptors (Lipinski definition) is 4. The number of nitrogen functional groups attached to an aromatic ring is 1. The largest absolute Gasteiger partial charge is 0.396 e. The van der Waals surface area contributed by atoms with Crippen LogP contribution in [0.4, 0.5) is 5.69 Å². The van der Waals surface area contributed by atoms with E-state index in [0.29, 0.717) is 5.69 Å². The maximum atomic E-state index is 5.77. The second-order valence-electron chi connectivity index (χ2n) is 5.68. The molecule has 2 aromatic rings. The number of nitrogens with zero attached hydrogens (tertiary/aromatic N) is 5. The van der Waals surface area contributed by atoms with Crippen molar-refractivity contribution in [2.75, 3.05) is 5.73 Å². The van der Waals surface area contributed by atoms with Gasteiger partial charge in [0, 0.05) is 19.2 Å². The van der Waals surface area contributed by atoms with Gasteiger partial charge in [0.2, 0.25) is 0 Å². The first-order chi connectivity index (χ1) is 9.09. The fraction of sp³-hybridized carbons (Fsp3) is 0.615. The van der Waals surface area contributed by atoms with E-state index in [4.69, 9.17) is 5.73 Å². The fourth-order valence-corrected chi connectivity index (χ4v) is 2.68. The van der Waals surface area contributed by atoms with Crippen molar-refractivity contribution in [2.24, 2.45) is 0 Å². The summed E-state index contributed by atoms with van der Waals surface area (Å²) in [5, 5.41) is 13.1. The van der Waals surface area contributed by atoms with Gasteiger partial charge in [0.1, 0.15) is 11.4 Å². The molecule has 1 aliphatic heterocycles. The van der Waals surface area contributed by atoms with Gasteiger partial charge in [-0.1, -0.05) is 6.42 Å². The normalized spacial score (nSPS) is 15.3. The van der Waals surface area contributed by atoms with Crippen molar-refractivity contribution in [2.45, 2.75) is 51.6 Å². The van der Waals surface area contributed by atoms with Gasteiger partial charge < -0.3 is 10.3 Å². The summed E-state index contributed by atoms with van der Waals surface area (Å²) in [6.07, 6.45) is 8.19. The minimum atomic E-state index is -0.340. The second kappa shape index (κ2) is 5.44. The van der Waals surface area contributed by atoms with Gasteiger partial charge in [-0.25, -0.2) is 0 Å². The van der Waals surface area contributed by atoms with E-state index in [1.165, 1.54) is 19.3 Å². The highest BCUT2D eigenvalue weighted by molar-refractivity contribution is 5.85. The van der Waals surface area contributed by atoms with Crippen LogP contribution in [0.1, 0.15) is 44.8 Å². The molecule has 1 aliphatic rings. The topological polar surface area (TPSA) is 74.5 Å². The molecule has 0 bridgehead atoms. The molecule has 3 rings (SSSR count). The molecule has 0 saturated heterocycles. The molecule has 6 nitrogen and oxygen atoms in total. The molecule has 7 heteroatoms. The Morgan fingerprint density at radius 1 is 1.20 bits per heavy atom. The third-order valence-corrected chi connectivity index (χ3v) is 3.83. The van der Waals surface area contributed by atoms with Crippen LogP contribution in [0.2, 0.25) is 0 Å². The van der Waals surface area contributed by atoms with Crippen molar-refractivity contribution >= 4 is 18.1 Å². The molecule has 20 heavy (non-hydrogen) atoms. The zero-order valence-electron chi connectivity index (χ0n) is 11.9. The van der Waals surface area contributed by atoms with Gasteiger partial charge in [0.15, 0.2) is 5.82 Å². The first-order valence-corrected chi connectivity index (χ1v) is 6.82. The second-order valence-corrected chi connectivity index (χ2v) is 5.68. The van der Waals surface area contributed by atoms with E-state index < -0.39 is 0 Å². The molecule has 110 valence electrons. The van der Waals surface area contributed by atoms with E-state index in [9.17, 15) is 0 Å². The van der Waals surface area contributed by atoms with Crippen LogP contribution in [0.15, 0.2) is 12.4 Å². The van der Waals surface area contributed by atoms with Gasteiger partial charge in [0.05, 0.1) is 11.9 Å². The molecule has 2 aromatic heterocycles. The smallest absolute Gasteiger partial charge is 0.160 e. The molecular weight excluding hydrogens is 276 g/mol. The van der Waals surface area contributed by atoms with Crippen molar-refractivity contribution < 1.29 is 0 Å². The maximum Gasteiger partial charge on any atom is 0.160 e.